The molecule has 1 aliphatic rings. The second kappa shape index (κ2) is 5.47. The van der Waals surface area contributed by atoms with Crippen LogP contribution in [0, 0.1) is 0 Å². The van der Waals surface area contributed by atoms with E-state index in [0.29, 0.717) is 5.54 Å². The molecule has 2 N–H and O–H groups in total. The Labute approximate surface area is 116 Å². The number of anilines is 1. The lowest BCUT2D eigenvalue weighted by atomic mass is 9.75. The highest BCUT2D eigenvalue weighted by molar-refractivity contribution is 5.48. The molecule has 1 aliphatic carbocycles. The summed E-state index contributed by atoms with van der Waals surface area (Å²) >= 11 is 0. The van der Waals surface area contributed by atoms with Crippen molar-refractivity contribution in [3.63, 3.8) is 0 Å². The lowest BCUT2D eigenvalue weighted by Gasteiger charge is -2.49. The van der Waals surface area contributed by atoms with Crippen LogP contribution in [-0.2, 0) is 0 Å². The molecule has 0 spiro atoms. The zero-order valence-corrected chi connectivity index (χ0v) is 12.6. The van der Waals surface area contributed by atoms with Crippen LogP contribution in [0.3, 0.4) is 0 Å². The fraction of sp³-hybridized carbons (Fsp3) is 0.667. The molecule has 2 rings (SSSR count). The summed E-state index contributed by atoms with van der Waals surface area (Å²) in [7, 11) is 6.48. The number of aromatic nitrogens is 1. The number of pyridine rings is 1. The van der Waals surface area contributed by atoms with Crippen LogP contribution >= 0.6 is 0 Å². The Morgan fingerprint density at radius 3 is 2.53 bits per heavy atom. The van der Waals surface area contributed by atoms with Gasteiger partial charge in [-0.15, -0.1) is 0 Å². The quantitative estimate of drug-likeness (QED) is 0.882. The zero-order valence-electron chi connectivity index (χ0n) is 12.6. The van der Waals surface area contributed by atoms with Gasteiger partial charge in [-0.05, 0) is 46.3 Å². The van der Waals surface area contributed by atoms with Crippen LogP contribution in [0.15, 0.2) is 18.3 Å². The van der Waals surface area contributed by atoms with Gasteiger partial charge in [0.2, 0.25) is 0 Å². The molecule has 0 saturated heterocycles. The smallest absolute Gasteiger partial charge is 0.133 e. The second-order valence-corrected chi connectivity index (χ2v) is 6.03. The van der Waals surface area contributed by atoms with Crippen LogP contribution in [0.4, 0.5) is 5.82 Å². The van der Waals surface area contributed by atoms with Crippen molar-refractivity contribution in [3.05, 3.63) is 23.9 Å². The Morgan fingerprint density at radius 2 is 2.05 bits per heavy atom. The van der Waals surface area contributed by atoms with Gasteiger partial charge >= 0.3 is 0 Å². The maximum atomic E-state index is 6.05. The molecular formula is C15H26N4. The first-order valence-corrected chi connectivity index (χ1v) is 7.05. The third kappa shape index (κ3) is 2.74. The molecule has 0 radical (unpaired) electrons. The highest BCUT2D eigenvalue weighted by Crippen LogP contribution is 2.37. The number of likely N-dealkylation sites (N-methyl/N-ethyl adjacent to an activating group) is 2. The Bertz CT molecular complexity index is 424. The predicted molar refractivity (Wildman–Crippen MR) is 80.4 cm³/mol. The summed E-state index contributed by atoms with van der Waals surface area (Å²) in [6.45, 7) is 3.02. The summed E-state index contributed by atoms with van der Waals surface area (Å²) in [6, 6.07) is 4.05. The SMILES string of the molecule is CC(N)c1cccnc1N(C)CC1(N(C)C)CCC1. The number of nitrogens with zero attached hydrogens (tertiary/aromatic N) is 3. The van der Waals surface area contributed by atoms with Crippen LogP contribution in [0.25, 0.3) is 0 Å². The number of nitrogens with two attached hydrogens (primary N) is 1. The van der Waals surface area contributed by atoms with E-state index >= 15 is 0 Å². The minimum Gasteiger partial charge on any atom is -0.358 e. The van der Waals surface area contributed by atoms with Gasteiger partial charge in [0.05, 0.1) is 0 Å². The first-order valence-electron chi connectivity index (χ1n) is 7.05. The largest absolute Gasteiger partial charge is 0.358 e. The fourth-order valence-corrected chi connectivity index (χ4v) is 2.93. The third-order valence-corrected chi connectivity index (χ3v) is 4.43. The van der Waals surface area contributed by atoms with Gasteiger partial charge in [0.1, 0.15) is 5.82 Å². The van der Waals surface area contributed by atoms with Crippen molar-refractivity contribution in [2.45, 2.75) is 37.8 Å². The molecule has 0 aromatic carbocycles. The standard InChI is InChI=1S/C15H26N4/c1-12(16)13-7-5-10-17-14(13)19(4)11-15(18(2)3)8-6-9-15/h5,7,10,12H,6,8-9,11,16H2,1-4H3. The predicted octanol–water partition coefficient (Wildman–Crippen LogP) is 2.02. The van der Waals surface area contributed by atoms with E-state index in [2.05, 4.69) is 42.0 Å². The van der Waals surface area contributed by atoms with Gasteiger partial charge in [-0.3, -0.25) is 0 Å². The number of hydrogen-bond acceptors (Lipinski definition) is 4. The number of hydrogen-bond donors (Lipinski definition) is 1. The van der Waals surface area contributed by atoms with E-state index in [4.69, 9.17) is 5.73 Å². The molecule has 1 saturated carbocycles. The summed E-state index contributed by atoms with van der Waals surface area (Å²) < 4.78 is 0. The molecule has 1 unspecified atom stereocenters. The lowest BCUT2D eigenvalue weighted by Crippen LogP contribution is -2.57. The monoisotopic (exact) mass is 262 g/mol. The zero-order chi connectivity index (χ0) is 14.0. The molecule has 0 amide bonds. The molecule has 1 fully saturated rings. The highest BCUT2D eigenvalue weighted by atomic mass is 15.2. The molecule has 0 aliphatic heterocycles. The average molecular weight is 262 g/mol. The Balaban J connectivity index is 2.18. The third-order valence-electron chi connectivity index (χ3n) is 4.43. The van der Waals surface area contributed by atoms with E-state index in [9.17, 15) is 0 Å². The normalized spacial score (nSPS) is 19.1. The lowest BCUT2D eigenvalue weighted by molar-refractivity contribution is 0.0681. The van der Waals surface area contributed by atoms with E-state index in [0.717, 1.165) is 17.9 Å². The summed E-state index contributed by atoms with van der Waals surface area (Å²) in [5.41, 5.74) is 7.48. The van der Waals surface area contributed by atoms with E-state index in [1.165, 1.54) is 19.3 Å². The van der Waals surface area contributed by atoms with Gasteiger partial charge in [0, 0.05) is 36.9 Å². The fourth-order valence-electron chi connectivity index (χ4n) is 2.93. The molecule has 1 aromatic rings. The van der Waals surface area contributed by atoms with E-state index in [-0.39, 0.29) is 6.04 Å². The van der Waals surface area contributed by atoms with Crippen molar-refractivity contribution in [2.24, 2.45) is 5.73 Å². The van der Waals surface area contributed by atoms with E-state index in [1.807, 2.05) is 19.2 Å². The van der Waals surface area contributed by atoms with Crippen molar-refractivity contribution in [1.82, 2.24) is 9.88 Å². The second-order valence-electron chi connectivity index (χ2n) is 6.03. The molecule has 4 nitrogen and oxygen atoms in total. The Kier molecular flexibility index (Phi) is 4.11. The molecule has 4 heteroatoms. The first kappa shape index (κ1) is 14.3. The molecule has 106 valence electrons. The molecule has 1 aromatic heterocycles. The van der Waals surface area contributed by atoms with Crippen LogP contribution < -0.4 is 10.6 Å². The van der Waals surface area contributed by atoms with Crippen molar-refractivity contribution < 1.29 is 0 Å². The minimum absolute atomic E-state index is 0.0165. The average Bonchev–Trinajstić information content (AvgIpc) is 2.33. The maximum Gasteiger partial charge on any atom is 0.133 e. The van der Waals surface area contributed by atoms with Gasteiger partial charge < -0.3 is 15.5 Å². The van der Waals surface area contributed by atoms with Crippen LogP contribution in [-0.4, -0.2) is 43.1 Å². The van der Waals surface area contributed by atoms with Gasteiger partial charge in [-0.1, -0.05) is 6.07 Å². The van der Waals surface area contributed by atoms with Crippen molar-refractivity contribution >= 4 is 5.82 Å². The van der Waals surface area contributed by atoms with Crippen molar-refractivity contribution in [1.29, 1.82) is 0 Å². The van der Waals surface area contributed by atoms with Gasteiger partial charge in [0.25, 0.3) is 0 Å². The molecule has 1 atom stereocenters. The van der Waals surface area contributed by atoms with E-state index < -0.39 is 0 Å². The molecule has 1 heterocycles. The molecule has 0 bridgehead atoms. The summed E-state index contributed by atoms with van der Waals surface area (Å²) in [5, 5.41) is 0. The van der Waals surface area contributed by atoms with Crippen LogP contribution in [0.2, 0.25) is 0 Å². The van der Waals surface area contributed by atoms with Crippen LogP contribution in [0.1, 0.15) is 37.8 Å². The summed E-state index contributed by atoms with van der Waals surface area (Å²) in [6.07, 6.45) is 5.71. The summed E-state index contributed by atoms with van der Waals surface area (Å²) in [5.74, 6) is 1.02. The maximum absolute atomic E-state index is 6.05. The van der Waals surface area contributed by atoms with E-state index in [1.54, 1.807) is 0 Å². The van der Waals surface area contributed by atoms with Crippen molar-refractivity contribution in [2.75, 3.05) is 32.6 Å². The molecule has 19 heavy (non-hydrogen) atoms. The minimum atomic E-state index is 0.0165. The molecular weight excluding hydrogens is 236 g/mol. The Hall–Kier alpha value is -1.13. The highest BCUT2D eigenvalue weighted by Gasteiger charge is 2.40. The first-order chi connectivity index (χ1) is 8.96. The summed E-state index contributed by atoms with van der Waals surface area (Å²) in [4.78, 5) is 9.15. The topological polar surface area (TPSA) is 45.4 Å². The van der Waals surface area contributed by atoms with Gasteiger partial charge in [0.15, 0.2) is 0 Å². The van der Waals surface area contributed by atoms with Crippen molar-refractivity contribution in [3.8, 4) is 0 Å². The van der Waals surface area contributed by atoms with Gasteiger partial charge in [-0.25, -0.2) is 4.98 Å². The van der Waals surface area contributed by atoms with Crippen LogP contribution in [0.5, 0.6) is 0 Å². The Morgan fingerprint density at radius 1 is 1.37 bits per heavy atom. The van der Waals surface area contributed by atoms with Gasteiger partial charge in [-0.2, -0.15) is 0 Å². The number of rotatable bonds is 5.